The van der Waals surface area contributed by atoms with Crippen molar-refractivity contribution in [2.75, 3.05) is 18.4 Å². The average Bonchev–Trinajstić information content (AvgIpc) is 2.92. The van der Waals surface area contributed by atoms with E-state index in [4.69, 9.17) is 12.2 Å². The van der Waals surface area contributed by atoms with Crippen LogP contribution in [-0.4, -0.2) is 27.9 Å². The Labute approximate surface area is 188 Å². The van der Waals surface area contributed by atoms with Crippen LogP contribution in [0.4, 0.5) is 11.4 Å². The van der Waals surface area contributed by atoms with Crippen molar-refractivity contribution in [3.8, 4) is 5.88 Å². The van der Waals surface area contributed by atoms with E-state index in [0.29, 0.717) is 5.69 Å². The Morgan fingerprint density at radius 2 is 1.81 bits per heavy atom. The number of fused-ring (bicyclic) bond motifs is 1. The van der Waals surface area contributed by atoms with Crippen LogP contribution in [0.25, 0.3) is 10.9 Å². The molecule has 7 heteroatoms. The lowest BCUT2D eigenvalue weighted by molar-refractivity contribution is -0.921. The average molecular weight is 437 g/mol. The number of hydrogen-bond acceptors (Lipinski definition) is 3. The monoisotopic (exact) mass is 436 g/mol. The van der Waals surface area contributed by atoms with Crippen LogP contribution in [0.1, 0.15) is 36.8 Å². The summed E-state index contributed by atoms with van der Waals surface area (Å²) in [6.45, 7) is 7.10. The Morgan fingerprint density at radius 3 is 2.58 bits per heavy atom. The van der Waals surface area contributed by atoms with Gasteiger partial charge in [0, 0.05) is 11.1 Å². The summed E-state index contributed by atoms with van der Waals surface area (Å²) in [7, 11) is 0. The molecule has 0 unspecified atom stereocenters. The van der Waals surface area contributed by atoms with Crippen LogP contribution >= 0.6 is 12.2 Å². The molecule has 2 aromatic carbocycles. The Morgan fingerprint density at radius 1 is 1.06 bits per heavy atom. The first kappa shape index (κ1) is 21.5. The topological polar surface area (TPSA) is 66.4 Å². The van der Waals surface area contributed by atoms with Gasteiger partial charge in [0.15, 0.2) is 12.4 Å². The van der Waals surface area contributed by atoms with E-state index in [9.17, 15) is 5.11 Å². The molecule has 3 N–H and O–H groups in total. The van der Waals surface area contributed by atoms with Crippen molar-refractivity contribution in [2.45, 2.75) is 46.2 Å². The van der Waals surface area contributed by atoms with Crippen molar-refractivity contribution < 1.29 is 10.0 Å². The van der Waals surface area contributed by atoms with E-state index in [2.05, 4.69) is 28.5 Å². The van der Waals surface area contributed by atoms with Gasteiger partial charge < -0.3 is 15.3 Å². The minimum absolute atomic E-state index is 0.149. The van der Waals surface area contributed by atoms with Gasteiger partial charge in [-0.1, -0.05) is 30.3 Å². The lowest BCUT2D eigenvalue weighted by Gasteiger charge is -2.18. The van der Waals surface area contributed by atoms with Crippen LogP contribution in [0.2, 0.25) is 0 Å². The zero-order chi connectivity index (χ0) is 21.8. The number of nitrogens with one attached hydrogen (secondary N) is 2. The molecule has 1 aliphatic rings. The highest BCUT2D eigenvalue weighted by molar-refractivity contribution is 7.80. The number of anilines is 1. The van der Waals surface area contributed by atoms with Gasteiger partial charge in [0.2, 0.25) is 11.0 Å². The van der Waals surface area contributed by atoms with Gasteiger partial charge in [0.1, 0.15) is 0 Å². The Kier molecular flexibility index (Phi) is 6.63. The highest BCUT2D eigenvalue weighted by atomic mass is 32.1. The number of benzene rings is 2. The minimum Gasteiger partial charge on any atom is -0.493 e. The summed E-state index contributed by atoms with van der Waals surface area (Å²) in [5.41, 5.74) is 4.66. The van der Waals surface area contributed by atoms with Crippen LogP contribution in [0.15, 0.2) is 52.7 Å². The third kappa shape index (κ3) is 4.78. The molecule has 1 fully saturated rings. The summed E-state index contributed by atoms with van der Waals surface area (Å²) in [5.74, 6) is 0.149. The number of aromatic hydroxyl groups is 1. The molecule has 1 saturated heterocycles. The standard InChI is InChI=1S/C24H29N5OS/c1-17-10-9-12-20(18(17)2)25-24(31)27-26-22-19-11-5-6-13-21(19)29(23(22)30)16-28-14-7-3-4-8-15-28/h5-6,9-13,30H,3-4,7-8,14-16H2,1-2H3,(H,25,31)/p+1. The second-order valence-corrected chi connectivity index (χ2v) is 8.70. The molecule has 4 rings (SSSR count). The quantitative estimate of drug-likeness (QED) is 0.404. The summed E-state index contributed by atoms with van der Waals surface area (Å²) in [6.07, 6.45) is 5.07. The van der Waals surface area contributed by atoms with Gasteiger partial charge in [-0.05, 0) is 75.0 Å². The molecule has 0 amide bonds. The van der Waals surface area contributed by atoms with Crippen molar-refractivity contribution in [3.05, 3.63) is 53.6 Å². The molecule has 0 spiro atoms. The van der Waals surface area contributed by atoms with E-state index in [-0.39, 0.29) is 11.0 Å². The Bertz CT molecular complexity index is 1110. The van der Waals surface area contributed by atoms with Crippen LogP contribution in [0.3, 0.4) is 0 Å². The van der Waals surface area contributed by atoms with Gasteiger partial charge in [0.05, 0.1) is 18.6 Å². The van der Waals surface area contributed by atoms with Crippen LogP contribution in [0.5, 0.6) is 5.88 Å². The molecule has 31 heavy (non-hydrogen) atoms. The van der Waals surface area contributed by atoms with E-state index in [1.807, 2.05) is 47.9 Å². The van der Waals surface area contributed by atoms with Gasteiger partial charge in [-0.3, -0.25) is 4.57 Å². The number of rotatable bonds is 4. The van der Waals surface area contributed by atoms with Crippen LogP contribution in [-0.2, 0) is 6.67 Å². The zero-order valence-corrected chi connectivity index (χ0v) is 19.0. The SMILES string of the molecule is Cc1cccc(NC(=S)N=Nc2c(O)n(C[NH+]3CCCCCC3)c3ccccc23)c1C. The lowest BCUT2D eigenvalue weighted by atomic mass is 10.1. The number of nitrogens with zero attached hydrogens (tertiary/aromatic N) is 3. The maximum atomic E-state index is 11.0. The van der Waals surface area contributed by atoms with Gasteiger partial charge in [-0.15, -0.1) is 10.2 Å². The van der Waals surface area contributed by atoms with Gasteiger partial charge in [-0.2, -0.15) is 0 Å². The predicted octanol–water partition coefficient (Wildman–Crippen LogP) is 4.86. The van der Waals surface area contributed by atoms with Crippen molar-refractivity contribution in [2.24, 2.45) is 10.2 Å². The highest BCUT2D eigenvalue weighted by Crippen LogP contribution is 2.38. The molecule has 2 heterocycles. The van der Waals surface area contributed by atoms with E-state index in [1.165, 1.54) is 36.1 Å². The highest BCUT2D eigenvalue weighted by Gasteiger charge is 2.21. The fourth-order valence-electron chi connectivity index (χ4n) is 4.26. The Hall–Kier alpha value is -2.77. The molecule has 162 valence electrons. The number of aromatic nitrogens is 1. The molecule has 0 radical (unpaired) electrons. The Balaban J connectivity index is 1.59. The van der Waals surface area contributed by atoms with Crippen LogP contribution < -0.4 is 10.2 Å². The van der Waals surface area contributed by atoms with Crippen molar-refractivity contribution in [1.29, 1.82) is 0 Å². The minimum atomic E-state index is 0.149. The first-order chi connectivity index (χ1) is 15.0. The van der Waals surface area contributed by atoms with Gasteiger partial charge >= 0.3 is 0 Å². The number of likely N-dealkylation sites (tertiary alicyclic amines) is 1. The predicted molar refractivity (Wildman–Crippen MR) is 129 cm³/mol. The molecule has 6 nitrogen and oxygen atoms in total. The largest absolute Gasteiger partial charge is 0.493 e. The fourth-order valence-corrected chi connectivity index (χ4v) is 4.41. The van der Waals surface area contributed by atoms with E-state index in [1.54, 1.807) is 0 Å². The number of quaternary nitrogens is 1. The molecule has 0 bridgehead atoms. The third-order valence-corrected chi connectivity index (χ3v) is 6.38. The van der Waals surface area contributed by atoms with E-state index < -0.39 is 0 Å². The summed E-state index contributed by atoms with van der Waals surface area (Å²) in [5, 5.41) is 23.9. The summed E-state index contributed by atoms with van der Waals surface area (Å²) >= 11 is 5.39. The maximum Gasteiger partial charge on any atom is 0.225 e. The molecule has 1 aliphatic heterocycles. The second kappa shape index (κ2) is 9.58. The number of hydrogen-bond donors (Lipinski definition) is 3. The molecule has 0 aliphatic carbocycles. The molecule has 0 atom stereocenters. The maximum absolute atomic E-state index is 11.0. The summed E-state index contributed by atoms with van der Waals surface area (Å²) < 4.78 is 1.96. The molecular weight excluding hydrogens is 406 g/mol. The van der Waals surface area contributed by atoms with Crippen molar-refractivity contribution >= 4 is 39.6 Å². The molecule has 1 aromatic heterocycles. The summed E-state index contributed by atoms with van der Waals surface area (Å²) in [6, 6.07) is 14.0. The summed E-state index contributed by atoms with van der Waals surface area (Å²) in [4.78, 5) is 1.49. The van der Waals surface area contributed by atoms with Crippen molar-refractivity contribution in [3.63, 3.8) is 0 Å². The second-order valence-electron chi connectivity index (χ2n) is 8.32. The lowest BCUT2D eigenvalue weighted by Crippen LogP contribution is -3.11. The zero-order valence-electron chi connectivity index (χ0n) is 18.2. The van der Waals surface area contributed by atoms with E-state index >= 15 is 0 Å². The number of aryl methyl sites for hydroxylation is 1. The van der Waals surface area contributed by atoms with Crippen LogP contribution in [0, 0.1) is 13.8 Å². The van der Waals surface area contributed by atoms with Gasteiger partial charge in [-0.25, -0.2) is 0 Å². The first-order valence-corrected chi connectivity index (χ1v) is 11.4. The number of thiocarbonyl (C=S) groups is 1. The smallest absolute Gasteiger partial charge is 0.225 e. The molecule has 0 saturated carbocycles. The van der Waals surface area contributed by atoms with E-state index in [0.717, 1.165) is 41.9 Å². The first-order valence-electron chi connectivity index (χ1n) is 11.0. The fraction of sp³-hybridized carbons (Fsp3) is 0.375. The third-order valence-electron chi connectivity index (χ3n) is 6.20. The molecular formula is C24H30N5OS+. The number of azo groups is 1. The van der Waals surface area contributed by atoms with Gasteiger partial charge in [0.25, 0.3) is 0 Å². The molecule has 3 aromatic rings. The normalized spacial score (nSPS) is 15.4. The number of para-hydroxylation sites is 1. The van der Waals surface area contributed by atoms with Crippen molar-refractivity contribution in [1.82, 2.24) is 4.57 Å².